The minimum atomic E-state index is -0.132. The van der Waals surface area contributed by atoms with Crippen LogP contribution in [0.3, 0.4) is 0 Å². The minimum Gasteiger partial charge on any atom is -0.493 e. The molecule has 5 heteroatoms. The molecule has 0 aliphatic carbocycles. The van der Waals surface area contributed by atoms with Gasteiger partial charge in [-0.25, -0.2) is 4.68 Å². The van der Waals surface area contributed by atoms with E-state index in [1.54, 1.807) is 20.3 Å². The summed E-state index contributed by atoms with van der Waals surface area (Å²) in [4.78, 5) is 12.2. The Morgan fingerprint density at radius 3 is 2.44 bits per heavy atom. The lowest BCUT2D eigenvalue weighted by Crippen LogP contribution is -2.23. The van der Waals surface area contributed by atoms with Crippen LogP contribution in [0.25, 0.3) is 11.3 Å². The highest BCUT2D eigenvalue weighted by Crippen LogP contribution is 2.31. The molecule has 0 saturated carbocycles. The number of aromatic nitrogens is 2. The summed E-state index contributed by atoms with van der Waals surface area (Å²) in [6, 6.07) is 16.8. The predicted octanol–water partition coefficient (Wildman–Crippen LogP) is 3.28. The lowest BCUT2D eigenvalue weighted by atomic mass is 10.1. The number of hydrogen-bond donors (Lipinski definition) is 0. The van der Waals surface area contributed by atoms with Gasteiger partial charge in [-0.2, -0.15) is 5.10 Å². The number of aryl methyl sites for hydroxylation is 1. The monoisotopic (exact) mass is 336 g/mol. The fourth-order valence-corrected chi connectivity index (χ4v) is 2.66. The topological polar surface area (TPSA) is 53.4 Å². The first kappa shape index (κ1) is 16.8. The van der Waals surface area contributed by atoms with Crippen LogP contribution in [0.4, 0.5) is 0 Å². The normalized spacial score (nSPS) is 10.5. The van der Waals surface area contributed by atoms with Crippen molar-refractivity contribution in [3.05, 3.63) is 76.1 Å². The van der Waals surface area contributed by atoms with Gasteiger partial charge in [-0.05, 0) is 42.3 Å². The van der Waals surface area contributed by atoms with Gasteiger partial charge in [-0.1, -0.05) is 24.3 Å². The predicted molar refractivity (Wildman–Crippen MR) is 97.3 cm³/mol. The van der Waals surface area contributed by atoms with Gasteiger partial charge in [0.2, 0.25) is 0 Å². The molecule has 0 fully saturated rings. The van der Waals surface area contributed by atoms with E-state index < -0.39 is 0 Å². The zero-order valence-electron chi connectivity index (χ0n) is 14.5. The zero-order valence-corrected chi connectivity index (χ0v) is 14.5. The SMILES string of the molecule is COc1ccc(-c2ccc(=O)n(Cc3ccccc3C)n2)cc1OC. The Bertz CT molecular complexity index is 948. The Labute approximate surface area is 146 Å². The molecule has 0 radical (unpaired) electrons. The van der Waals surface area contributed by atoms with Crippen LogP contribution < -0.4 is 15.0 Å². The van der Waals surface area contributed by atoms with Crippen LogP contribution in [0.2, 0.25) is 0 Å². The number of ether oxygens (including phenoxy) is 2. The van der Waals surface area contributed by atoms with Gasteiger partial charge < -0.3 is 9.47 Å². The second-order valence-corrected chi connectivity index (χ2v) is 5.71. The van der Waals surface area contributed by atoms with Crippen LogP contribution in [0.15, 0.2) is 59.4 Å². The fraction of sp³-hybridized carbons (Fsp3) is 0.200. The summed E-state index contributed by atoms with van der Waals surface area (Å²) in [7, 11) is 3.19. The second kappa shape index (κ2) is 7.21. The molecule has 0 spiro atoms. The van der Waals surface area contributed by atoms with E-state index in [-0.39, 0.29) is 5.56 Å². The minimum absolute atomic E-state index is 0.132. The van der Waals surface area contributed by atoms with Crippen molar-refractivity contribution in [3.8, 4) is 22.8 Å². The Kier molecular flexibility index (Phi) is 4.84. The molecule has 128 valence electrons. The van der Waals surface area contributed by atoms with E-state index in [1.165, 1.54) is 10.7 Å². The van der Waals surface area contributed by atoms with Crippen molar-refractivity contribution in [3.63, 3.8) is 0 Å². The summed E-state index contributed by atoms with van der Waals surface area (Å²) in [5.74, 6) is 1.28. The number of hydrogen-bond acceptors (Lipinski definition) is 4. The number of benzene rings is 2. The van der Waals surface area contributed by atoms with Gasteiger partial charge >= 0.3 is 0 Å². The molecule has 0 bridgehead atoms. The smallest absolute Gasteiger partial charge is 0.267 e. The van der Waals surface area contributed by atoms with Crippen LogP contribution in [-0.4, -0.2) is 24.0 Å². The summed E-state index contributed by atoms with van der Waals surface area (Å²) in [6.07, 6.45) is 0. The lowest BCUT2D eigenvalue weighted by molar-refractivity contribution is 0.355. The lowest BCUT2D eigenvalue weighted by Gasteiger charge is -2.11. The Morgan fingerprint density at radius 2 is 1.72 bits per heavy atom. The van der Waals surface area contributed by atoms with Gasteiger partial charge in [-0.15, -0.1) is 0 Å². The first-order chi connectivity index (χ1) is 12.1. The summed E-state index contributed by atoms with van der Waals surface area (Å²) in [5, 5.41) is 4.52. The van der Waals surface area contributed by atoms with E-state index in [1.807, 2.05) is 49.4 Å². The molecule has 0 aliphatic heterocycles. The van der Waals surface area contributed by atoms with Gasteiger partial charge in [-0.3, -0.25) is 4.79 Å². The molecule has 3 aromatic rings. The van der Waals surface area contributed by atoms with Gasteiger partial charge in [0.25, 0.3) is 5.56 Å². The average molecular weight is 336 g/mol. The summed E-state index contributed by atoms with van der Waals surface area (Å²) < 4.78 is 12.1. The number of methoxy groups -OCH3 is 2. The fourth-order valence-electron chi connectivity index (χ4n) is 2.66. The van der Waals surface area contributed by atoms with Crippen LogP contribution in [-0.2, 0) is 6.54 Å². The first-order valence-electron chi connectivity index (χ1n) is 7.97. The standard InChI is InChI=1S/C20H20N2O3/c1-14-6-4-5-7-16(14)13-22-20(23)11-9-17(21-22)15-8-10-18(24-2)19(12-15)25-3/h4-12H,13H2,1-3H3. The van der Waals surface area contributed by atoms with Crippen molar-refractivity contribution in [1.29, 1.82) is 0 Å². The third-order valence-corrected chi connectivity index (χ3v) is 4.13. The molecule has 1 aromatic heterocycles. The van der Waals surface area contributed by atoms with E-state index in [2.05, 4.69) is 5.10 Å². The van der Waals surface area contributed by atoms with Crippen molar-refractivity contribution >= 4 is 0 Å². The number of nitrogens with zero attached hydrogens (tertiary/aromatic N) is 2. The second-order valence-electron chi connectivity index (χ2n) is 5.71. The number of rotatable bonds is 5. The molecular formula is C20H20N2O3. The van der Waals surface area contributed by atoms with Gasteiger partial charge in [0.15, 0.2) is 11.5 Å². The summed E-state index contributed by atoms with van der Waals surface area (Å²) >= 11 is 0. The van der Waals surface area contributed by atoms with Crippen LogP contribution in [0.5, 0.6) is 11.5 Å². The van der Waals surface area contributed by atoms with Crippen LogP contribution in [0, 0.1) is 6.92 Å². The first-order valence-corrected chi connectivity index (χ1v) is 7.97. The largest absolute Gasteiger partial charge is 0.493 e. The molecule has 0 atom stereocenters. The van der Waals surface area contributed by atoms with E-state index in [4.69, 9.17) is 9.47 Å². The molecule has 5 nitrogen and oxygen atoms in total. The molecule has 0 N–H and O–H groups in total. The summed E-state index contributed by atoms with van der Waals surface area (Å²) in [5.41, 5.74) is 3.63. The molecule has 2 aromatic carbocycles. The maximum atomic E-state index is 12.2. The van der Waals surface area contributed by atoms with E-state index >= 15 is 0 Å². The summed E-state index contributed by atoms with van der Waals surface area (Å²) in [6.45, 7) is 2.46. The maximum Gasteiger partial charge on any atom is 0.267 e. The molecular weight excluding hydrogens is 316 g/mol. The van der Waals surface area contributed by atoms with Gasteiger partial charge in [0.05, 0.1) is 26.5 Å². The highest BCUT2D eigenvalue weighted by atomic mass is 16.5. The van der Waals surface area contributed by atoms with E-state index in [0.717, 1.165) is 16.7 Å². The van der Waals surface area contributed by atoms with Crippen molar-refractivity contribution in [2.45, 2.75) is 13.5 Å². The Hall–Kier alpha value is -3.08. The molecule has 3 rings (SSSR count). The zero-order chi connectivity index (χ0) is 17.8. The maximum absolute atomic E-state index is 12.2. The molecule has 0 saturated heterocycles. The van der Waals surface area contributed by atoms with Crippen molar-refractivity contribution in [2.75, 3.05) is 14.2 Å². The molecule has 1 heterocycles. The average Bonchev–Trinajstić information content (AvgIpc) is 2.64. The molecule has 0 amide bonds. The highest BCUT2D eigenvalue weighted by molar-refractivity contribution is 5.63. The van der Waals surface area contributed by atoms with Crippen LogP contribution in [0.1, 0.15) is 11.1 Å². The third kappa shape index (κ3) is 3.55. The Balaban J connectivity index is 1.99. The van der Waals surface area contributed by atoms with Gasteiger partial charge in [0.1, 0.15) is 0 Å². The van der Waals surface area contributed by atoms with Crippen LogP contribution >= 0.6 is 0 Å². The molecule has 25 heavy (non-hydrogen) atoms. The third-order valence-electron chi connectivity index (χ3n) is 4.13. The molecule has 0 unspecified atom stereocenters. The van der Waals surface area contributed by atoms with Crippen molar-refractivity contribution < 1.29 is 9.47 Å². The van der Waals surface area contributed by atoms with Crippen molar-refractivity contribution in [2.24, 2.45) is 0 Å². The van der Waals surface area contributed by atoms with Gasteiger partial charge in [0, 0.05) is 11.6 Å². The van der Waals surface area contributed by atoms with Crippen molar-refractivity contribution in [1.82, 2.24) is 9.78 Å². The Morgan fingerprint density at radius 1 is 0.960 bits per heavy atom. The highest BCUT2D eigenvalue weighted by Gasteiger charge is 2.09. The van der Waals surface area contributed by atoms with E-state index in [9.17, 15) is 4.79 Å². The molecule has 0 aliphatic rings. The quantitative estimate of drug-likeness (QED) is 0.717. The van der Waals surface area contributed by atoms with E-state index in [0.29, 0.717) is 23.7 Å².